The molecule has 0 saturated carbocycles. The summed E-state index contributed by atoms with van der Waals surface area (Å²) in [5, 5.41) is 2.39. The van der Waals surface area contributed by atoms with Crippen LogP contribution in [0.5, 0.6) is 0 Å². The summed E-state index contributed by atoms with van der Waals surface area (Å²) in [6.07, 6.45) is 0.465. The standard InChI is InChI=1S/C14H27NO5Si/c1-10(20-21(7,8)14(2,3)4)9-11(12(16)18-5)15-13(17)19-6/h9-10H,1-8H3,(H,15,17)/b11-9+/t10-/m0/s1. The van der Waals surface area contributed by atoms with Crippen LogP contribution in [0.25, 0.3) is 0 Å². The van der Waals surface area contributed by atoms with E-state index in [1.165, 1.54) is 20.3 Å². The highest BCUT2D eigenvalue weighted by Gasteiger charge is 2.38. The van der Waals surface area contributed by atoms with Gasteiger partial charge >= 0.3 is 12.1 Å². The van der Waals surface area contributed by atoms with E-state index in [4.69, 9.17) is 4.43 Å². The third kappa shape index (κ3) is 6.30. The normalized spacial score (nSPS) is 14.4. The quantitative estimate of drug-likeness (QED) is 0.479. The maximum atomic E-state index is 11.7. The van der Waals surface area contributed by atoms with Crippen LogP contribution in [0.1, 0.15) is 27.7 Å². The van der Waals surface area contributed by atoms with Gasteiger partial charge in [0.2, 0.25) is 0 Å². The number of rotatable bonds is 5. The van der Waals surface area contributed by atoms with Gasteiger partial charge in [-0.05, 0) is 31.1 Å². The largest absolute Gasteiger partial charge is 0.464 e. The Balaban J connectivity index is 5.11. The minimum absolute atomic E-state index is 0.00978. The van der Waals surface area contributed by atoms with E-state index < -0.39 is 20.4 Å². The molecule has 0 radical (unpaired) electrons. The van der Waals surface area contributed by atoms with E-state index in [9.17, 15) is 9.59 Å². The van der Waals surface area contributed by atoms with Gasteiger partial charge < -0.3 is 13.9 Å². The monoisotopic (exact) mass is 317 g/mol. The van der Waals surface area contributed by atoms with Crippen LogP contribution < -0.4 is 5.32 Å². The Morgan fingerprint density at radius 2 is 1.67 bits per heavy atom. The van der Waals surface area contributed by atoms with Crippen molar-refractivity contribution in [3.8, 4) is 0 Å². The molecule has 21 heavy (non-hydrogen) atoms. The Morgan fingerprint density at radius 3 is 2.05 bits per heavy atom. The molecular weight excluding hydrogens is 290 g/mol. The molecule has 0 fully saturated rings. The van der Waals surface area contributed by atoms with E-state index in [0.717, 1.165) is 0 Å². The molecule has 1 amide bonds. The van der Waals surface area contributed by atoms with Crippen molar-refractivity contribution in [2.45, 2.75) is 51.9 Å². The SMILES string of the molecule is COC(=O)N/C(=C/[C@H](C)O[Si](C)(C)C(C)(C)C)C(=O)OC. The van der Waals surface area contributed by atoms with Crippen molar-refractivity contribution >= 4 is 20.4 Å². The zero-order valence-corrected chi connectivity index (χ0v) is 15.2. The first-order valence-electron chi connectivity index (χ1n) is 6.77. The number of carbonyl (C=O) groups is 2. The molecule has 7 heteroatoms. The molecule has 0 saturated heterocycles. The van der Waals surface area contributed by atoms with E-state index in [2.05, 4.69) is 48.7 Å². The zero-order valence-electron chi connectivity index (χ0n) is 14.2. The smallest absolute Gasteiger partial charge is 0.411 e. The fraction of sp³-hybridized carbons (Fsp3) is 0.714. The molecule has 1 N–H and O–H groups in total. The van der Waals surface area contributed by atoms with Gasteiger partial charge in [-0.2, -0.15) is 0 Å². The Kier molecular flexibility index (Phi) is 7.12. The van der Waals surface area contributed by atoms with Crippen molar-refractivity contribution in [2.75, 3.05) is 14.2 Å². The van der Waals surface area contributed by atoms with Gasteiger partial charge in [0.15, 0.2) is 8.32 Å². The van der Waals surface area contributed by atoms with Crippen LogP contribution in [-0.2, 0) is 18.7 Å². The van der Waals surface area contributed by atoms with E-state index >= 15 is 0 Å². The number of hydrogen-bond acceptors (Lipinski definition) is 5. The number of ether oxygens (including phenoxy) is 2. The van der Waals surface area contributed by atoms with E-state index in [1.807, 2.05) is 6.92 Å². The van der Waals surface area contributed by atoms with Crippen molar-refractivity contribution in [3.63, 3.8) is 0 Å². The molecule has 0 aromatic carbocycles. The van der Waals surface area contributed by atoms with E-state index in [1.54, 1.807) is 0 Å². The molecule has 0 heterocycles. The molecule has 0 aromatic rings. The maximum Gasteiger partial charge on any atom is 0.411 e. The van der Waals surface area contributed by atoms with Crippen LogP contribution in [0.15, 0.2) is 11.8 Å². The number of methoxy groups -OCH3 is 2. The lowest BCUT2D eigenvalue weighted by atomic mass is 10.2. The predicted octanol–water partition coefficient (Wildman–Crippen LogP) is 2.81. The molecule has 0 aliphatic heterocycles. The molecule has 0 rings (SSSR count). The lowest BCUT2D eigenvalue weighted by Gasteiger charge is -2.37. The summed E-state index contributed by atoms with van der Waals surface area (Å²) in [5.41, 5.74) is 0.00978. The summed E-state index contributed by atoms with van der Waals surface area (Å²) in [4.78, 5) is 22.9. The fourth-order valence-corrected chi connectivity index (χ4v) is 2.69. The van der Waals surface area contributed by atoms with Gasteiger partial charge in [-0.3, -0.25) is 5.32 Å². The van der Waals surface area contributed by atoms with Crippen LogP contribution in [0, 0.1) is 0 Å². The van der Waals surface area contributed by atoms with Crippen LogP contribution >= 0.6 is 0 Å². The topological polar surface area (TPSA) is 73.9 Å². The average Bonchev–Trinajstić information content (AvgIpc) is 2.34. The van der Waals surface area contributed by atoms with Gasteiger partial charge in [0.05, 0.1) is 20.3 Å². The predicted molar refractivity (Wildman–Crippen MR) is 83.4 cm³/mol. The van der Waals surface area contributed by atoms with Crippen molar-refractivity contribution < 1.29 is 23.5 Å². The van der Waals surface area contributed by atoms with Gasteiger partial charge in [0, 0.05) is 0 Å². The van der Waals surface area contributed by atoms with Gasteiger partial charge in [0.25, 0.3) is 0 Å². The summed E-state index contributed by atoms with van der Waals surface area (Å²) in [7, 11) is 0.498. The summed E-state index contributed by atoms with van der Waals surface area (Å²) < 4.78 is 15.2. The Bertz CT molecular complexity index is 412. The van der Waals surface area contributed by atoms with Crippen LogP contribution in [0.2, 0.25) is 18.1 Å². The van der Waals surface area contributed by atoms with Crippen molar-refractivity contribution in [3.05, 3.63) is 11.8 Å². The number of hydrogen-bond donors (Lipinski definition) is 1. The Morgan fingerprint density at radius 1 is 1.14 bits per heavy atom. The molecule has 122 valence electrons. The van der Waals surface area contributed by atoms with Gasteiger partial charge in [-0.25, -0.2) is 9.59 Å². The molecule has 0 spiro atoms. The summed E-state index contributed by atoms with van der Waals surface area (Å²) in [5.74, 6) is -0.647. The van der Waals surface area contributed by atoms with Crippen molar-refractivity contribution in [1.29, 1.82) is 0 Å². The lowest BCUT2D eigenvalue weighted by Crippen LogP contribution is -2.43. The van der Waals surface area contributed by atoms with Crippen LogP contribution in [-0.4, -0.2) is 40.7 Å². The number of nitrogens with one attached hydrogen (secondary N) is 1. The summed E-state index contributed by atoms with van der Waals surface area (Å²) in [6, 6.07) is 0. The maximum absolute atomic E-state index is 11.7. The molecular formula is C14H27NO5Si. The molecule has 0 unspecified atom stereocenters. The Hall–Kier alpha value is -1.34. The third-order valence-electron chi connectivity index (χ3n) is 3.52. The van der Waals surface area contributed by atoms with Crippen molar-refractivity contribution in [1.82, 2.24) is 5.32 Å². The van der Waals surface area contributed by atoms with Crippen LogP contribution in [0.3, 0.4) is 0 Å². The van der Waals surface area contributed by atoms with Gasteiger partial charge in [-0.15, -0.1) is 0 Å². The number of amides is 1. The average molecular weight is 317 g/mol. The molecule has 6 nitrogen and oxygen atoms in total. The second kappa shape index (κ2) is 7.60. The van der Waals surface area contributed by atoms with Crippen molar-refractivity contribution in [2.24, 2.45) is 0 Å². The third-order valence-corrected chi connectivity index (χ3v) is 8.09. The summed E-state index contributed by atoms with van der Waals surface area (Å²) in [6.45, 7) is 12.4. The number of esters is 1. The first kappa shape index (κ1) is 19.7. The Labute approximate surface area is 128 Å². The molecule has 0 aromatic heterocycles. The molecule has 0 bridgehead atoms. The van der Waals surface area contributed by atoms with Gasteiger partial charge in [-0.1, -0.05) is 20.8 Å². The first-order valence-corrected chi connectivity index (χ1v) is 9.68. The fourth-order valence-electron chi connectivity index (χ4n) is 1.34. The molecule has 0 aliphatic rings. The lowest BCUT2D eigenvalue weighted by molar-refractivity contribution is -0.136. The highest BCUT2D eigenvalue weighted by Crippen LogP contribution is 2.37. The molecule has 0 aliphatic carbocycles. The first-order chi connectivity index (χ1) is 9.44. The highest BCUT2D eigenvalue weighted by atomic mass is 28.4. The van der Waals surface area contributed by atoms with E-state index in [0.29, 0.717) is 0 Å². The van der Waals surface area contributed by atoms with E-state index in [-0.39, 0.29) is 16.8 Å². The minimum atomic E-state index is -1.97. The molecule has 1 atom stereocenters. The second-order valence-corrected chi connectivity index (χ2v) is 11.0. The minimum Gasteiger partial charge on any atom is -0.464 e. The number of alkyl carbamates (subject to hydrolysis) is 1. The van der Waals surface area contributed by atoms with Gasteiger partial charge in [0.1, 0.15) is 5.70 Å². The zero-order chi connectivity index (χ0) is 16.8. The highest BCUT2D eigenvalue weighted by molar-refractivity contribution is 6.74. The summed E-state index contributed by atoms with van der Waals surface area (Å²) >= 11 is 0. The number of carbonyl (C=O) groups excluding carboxylic acids is 2. The second-order valence-electron chi connectivity index (χ2n) is 6.27. The van der Waals surface area contributed by atoms with Crippen LogP contribution in [0.4, 0.5) is 4.79 Å².